The Morgan fingerprint density at radius 2 is 1.90 bits per heavy atom. The molecular weight excluding hydrogens is 394 g/mol. The van der Waals surface area contributed by atoms with Gasteiger partial charge in [0.25, 0.3) is 5.56 Å². The number of hydrogen-bond acceptors (Lipinski definition) is 5. The van der Waals surface area contributed by atoms with Crippen LogP contribution in [0.4, 0.5) is 5.95 Å². The highest BCUT2D eigenvalue weighted by atomic mass is 35.5. The molecule has 0 radical (unpaired) electrons. The summed E-state index contributed by atoms with van der Waals surface area (Å²) in [5.74, 6) is 0.485. The molecule has 0 bridgehead atoms. The molecule has 3 rings (SSSR count). The van der Waals surface area contributed by atoms with E-state index in [2.05, 4.69) is 10.3 Å². The number of aromatic nitrogens is 4. The van der Waals surface area contributed by atoms with Gasteiger partial charge in [-0.25, -0.2) is 4.79 Å². The van der Waals surface area contributed by atoms with Gasteiger partial charge in [-0.2, -0.15) is 4.98 Å². The van der Waals surface area contributed by atoms with E-state index in [9.17, 15) is 14.7 Å². The van der Waals surface area contributed by atoms with Gasteiger partial charge < -0.3 is 15.0 Å². The minimum atomic E-state index is -0.393. The van der Waals surface area contributed by atoms with E-state index in [-0.39, 0.29) is 11.7 Å². The van der Waals surface area contributed by atoms with Crippen molar-refractivity contribution < 1.29 is 5.11 Å². The number of rotatable bonds is 8. The minimum Gasteiger partial charge on any atom is -0.393 e. The van der Waals surface area contributed by atoms with Crippen LogP contribution >= 0.6 is 11.6 Å². The topological polar surface area (TPSA) is 94.1 Å². The van der Waals surface area contributed by atoms with Crippen LogP contribution in [0.2, 0.25) is 5.02 Å². The van der Waals surface area contributed by atoms with Crippen LogP contribution in [0.15, 0.2) is 33.9 Å². The van der Waals surface area contributed by atoms with Crippen LogP contribution in [0.5, 0.6) is 0 Å². The summed E-state index contributed by atoms with van der Waals surface area (Å²) in [4.78, 5) is 30.1. The molecule has 1 aromatic carbocycles. The summed E-state index contributed by atoms with van der Waals surface area (Å²) >= 11 is 6.20. The summed E-state index contributed by atoms with van der Waals surface area (Å²) in [6, 6.07) is 7.49. The Labute approximate surface area is 173 Å². The van der Waals surface area contributed by atoms with E-state index in [1.165, 1.54) is 9.13 Å². The maximum atomic E-state index is 13.0. The monoisotopic (exact) mass is 419 g/mol. The summed E-state index contributed by atoms with van der Waals surface area (Å²) < 4.78 is 4.30. The fraction of sp³-hybridized carbons (Fsp3) is 0.450. The second-order valence-electron chi connectivity index (χ2n) is 7.25. The predicted molar refractivity (Wildman–Crippen MR) is 115 cm³/mol. The third kappa shape index (κ3) is 4.38. The van der Waals surface area contributed by atoms with Crippen LogP contribution in [-0.2, 0) is 27.2 Å². The smallest absolute Gasteiger partial charge is 0.332 e. The Bertz CT molecular complexity index is 1130. The number of aliphatic hydroxyl groups is 1. The first-order chi connectivity index (χ1) is 13.8. The summed E-state index contributed by atoms with van der Waals surface area (Å²) in [6.45, 7) is 2.48. The quantitative estimate of drug-likeness (QED) is 0.546. The number of aryl methyl sites for hydroxylation is 2. The lowest BCUT2D eigenvalue weighted by atomic mass is 10.2. The van der Waals surface area contributed by atoms with Gasteiger partial charge in [-0.05, 0) is 37.8 Å². The highest BCUT2D eigenvalue weighted by molar-refractivity contribution is 6.31. The van der Waals surface area contributed by atoms with Gasteiger partial charge in [0.15, 0.2) is 11.2 Å². The van der Waals surface area contributed by atoms with Gasteiger partial charge in [0.1, 0.15) is 0 Å². The zero-order valence-electron chi connectivity index (χ0n) is 16.9. The summed E-state index contributed by atoms with van der Waals surface area (Å²) in [5.41, 5.74) is 0.857. The number of unbranched alkanes of at least 4 members (excludes halogenated alkanes) is 1. The largest absolute Gasteiger partial charge is 0.393 e. The highest BCUT2D eigenvalue weighted by Crippen LogP contribution is 2.18. The predicted octanol–water partition coefficient (Wildman–Crippen LogP) is 2.25. The number of fused-ring (bicyclic) bond motifs is 1. The molecule has 3 aromatic rings. The molecule has 0 aliphatic carbocycles. The molecule has 1 atom stereocenters. The molecule has 2 N–H and O–H groups in total. The third-order valence-corrected chi connectivity index (χ3v) is 5.38. The summed E-state index contributed by atoms with van der Waals surface area (Å²) in [7, 11) is 3.36. The van der Waals surface area contributed by atoms with E-state index in [4.69, 9.17) is 11.6 Å². The van der Waals surface area contributed by atoms with E-state index in [0.717, 1.165) is 12.0 Å². The summed E-state index contributed by atoms with van der Waals surface area (Å²) in [6.07, 6.45) is 1.63. The Morgan fingerprint density at radius 3 is 2.59 bits per heavy atom. The van der Waals surface area contributed by atoms with Gasteiger partial charge in [0.05, 0.1) is 6.10 Å². The van der Waals surface area contributed by atoms with Crippen LogP contribution in [0.25, 0.3) is 11.2 Å². The van der Waals surface area contributed by atoms with Crippen molar-refractivity contribution in [2.75, 3.05) is 5.32 Å². The normalized spacial score (nSPS) is 12.4. The van der Waals surface area contributed by atoms with Crippen molar-refractivity contribution in [2.45, 2.75) is 45.4 Å². The molecule has 156 valence electrons. The van der Waals surface area contributed by atoms with Crippen molar-refractivity contribution in [1.29, 1.82) is 0 Å². The molecule has 1 unspecified atom stereocenters. The number of aliphatic hydroxyl groups excluding tert-OH is 1. The number of hydrogen-bond donors (Lipinski definition) is 2. The van der Waals surface area contributed by atoms with Crippen molar-refractivity contribution in [3.63, 3.8) is 0 Å². The van der Waals surface area contributed by atoms with Crippen molar-refractivity contribution in [3.05, 3.63) is 55.7 Å². The Balaban J connectivity index is 1.91. The van der Waals surface area contributed by atoms with Gasteiger partial charge in [-0.1, -0.05) is 29.8 Å². The molecule has 0 saturated heterocycles. The molecule has 9 heteroatoms. The molecule has 8 nitrogen and oxygen atoms in total. The van der Waals surface area contributed by atoms with Crippen LogP contribution in [-0.4, -0.2) is 29.9 Å². The molecule has 0 aliphatic heterocycles. The van der Waals surface area contributed by atoms with Crippen LogP contribution in [0.3, 0.4) is 0 Å². The molecule has 29 heavy (non-hydrogen) atoms. The maximum absolute atomic E-state index is 13.0. The average Bonchev–Trinajstić information content (AvgIpc) is 3.01. The van der Waals surface area contributed by atoms with E-state index in [1.807, 2.05) is 24.3 Å². The molecule has 0 spiro atoms. The lowest BCUT2D eigenvalue weighted by molar-refractivity contribution is 0.180. The van der Waals surface area contributed by atoms with Crippen molar-refractivity contribution >= 4 is 28.7 Å². The van der Waals surface area contributed by atoms with E-state index < -0.39 is 5.69 Å². The van der Waals surface area contributed by atoms with Crippen LogP contribution in [0.1, 0.15) is 31.7 Å². The molecule has 2 heterocycles. The van der Waals surface area contributed by atoms with Gasteiger partial charge >= 0.3 is 5.69 Å². The second kappa shape index (κ2) is 8.84. The SMILES string of the molecule is CC(O)CCCCn1c(=O)c2c(nc(NCc3ccccc3Cl)n2C)n(C)c1=O. The molecule has 0 saturated carbocycles. The van der Waals surface area contributed by atoms with E-state index in [1.54, 1.807) is 25.6 Å². The number of imidazole rings is 1. The van der Waals surface area contributed by atoms with E-state index in [0.29, 0.717) is 48.1 Å². The van der Waals surface area contributed by atoms with Gasteiger partial charge in [-0.15, -0.1) is 0 Å². The van der Waals surface area contributed by atoms with Gasteiger partial charge in [-0.3, -0.25) is 13.9 Å². The summed E-state index contributed by atoms with van der Waals surface area (Å²) in [5, 5.41) is 13.2. The molecule has 2 aromatic heterocycles. The van der Waals surface area contributed by atoms with Gasteiger partial charge in [0, 0.05) is 32.2 Å². The Morgan fingerprint density at radius 1 is 1.17 bits per heavy atom. The second-order valence-corrected chi connectivity index (χ2v) is 7.66. The van der Waals surface area contributed by atoms with Crippen molar-refractivity contribution in [1.82, 2.24) is 18.7 Å². The fourth-order valence-electron chi connectivity index (χ4n) is 3.32. The van der Waals surface area contributed by atoms with Crippen LogP contribution < -0.4 is 16.6 Å². The van der Waals surface area contributed by atoms with Crippen molar-refractivity contribution in [3.8, 4) is 0 Å². The van der Waals surface area contributed by atoms with E-state index >= 15 is 0 Å². The average molecular weight is 420 g/mol. The number of anilines is 1. The first-order valence-corrected chi connectivity index (χ1v) is 10.0. The molecule has 0 fully saturated rings. The Kier molecular flexibility index (Phi) is 6.44. The standard InChI is InChI=1S/C20H26ClN5O3/c1-13(27)8-6-7-11-26-18(28)16-17(25(3)20(26)29)23-19(24(16)2)22-12-14-9-4-5-10-15(14)21/h4-5,9-10,13,27H,6-8,11-12H2,1-3H3,(H,22,23). The number of halogens is 1. The maximum Gasteiger partial charge on any atom is 0.332 e. The first kappa shape index (κ1) is 21.1. The zero-order chi connectivity index (χ0) is 21.1. The molecule has 0 amide bonds. The zero-order valence-corrected chi connectivity index (χ0v) is 17.6. The molecule has 0 aliphatic rings. The number of benzene rings is 1. The minimum absolute atomic E-state index is 0.307. The lowest BCUT2D eigenvalue weighted by Crippen LogP contribution is -2.39. The third-order valence-electron chi connectivity index (χ3n) is 5.01. The lowest BCUT2D eigenvalue weighted by Gasteiger charge is -2.09. The molecular formula is C20H26ClN5O3. The van der Waals surface area contributed by atoms with Crippen molar-refractivity contribution in [2.24, 2.45) is 14.1 Å². The first-order valence-electron chi connectivity index (χ1n) is 9.62. The highest BCUT2D eigenvalue weighted by Gasteiger charge is 2.18. The Hall–Kier alpha value is -2.58. The number of nitrogens with zero attached hydrogens (tertiary/aromatic N) is 4. The van der Waals surface area contributed by atoms with Gasteiger partial charge in [0.2, 0.25) is 5.95 Å². The fourth-order valence-corrected chi connectivity index (χ4v) is 3.53. The van der Waals surface area contributed by atoms with Crippen LogP contribution in [0, 0.1) is 0 Å². The number of nitrogens with one attached hydrogen (secondary N) is 1.